The molecule has 1 saturated heterocycles. The maximum atomic E-state index is 15.9. The van der Waals surface area contributed by atoms with Crippen molar-refractivity contribution in [1.29, 1.82) is 0 Å². The number of hydrogen-bond donors (Lipinski definition) is 1. The van der Waals surface area contributed by atoms with Crippen molar-refractivity contribution < 1.29 is 27.1 Å². The third-order valence-electron chi connectivity index (χ3n) is 5.40. The molecular formula is C23H19FN2O5S. The number of ether oxygens (including phenoxy) is 2. The summed E-state index contributed by atoms with van der Waals surface area (Å²) in [5, 5.41) is 0.778. The van der Waals surface area contributed by atoms with Gasteiger partial charge in [-0.05, 0) is 34.2 Å². The number of halogens is 1. The SMILES string of the molecule is O=C1CN(c2c(OCc3ccccc3)cc3ccc(C4=CCOC4)cc3c2F)S(=O)(=O)N1. The van der Waals surface area contributed by atoms with E-state index < -0.39 is 28.5 Å². The number of nitrogens with one attached hydrogen (secondary N) is 1. The van der Waals surface area contributed by atoms with E-state index in [1.165, 1.54) is 0 Å². The van der Waals surface area contributed by atoms with Gasteiger partial charge in [0.2, 0.25) is 0 Å². The Bertz CT molecular complexity index is 1360. The van der Waals surface area contributed by atoms with Crippen LogP contribution in [0.5, 0.6) is 5.75 Å². The molecule has 3 aromatic rings. The number of hydrogen-bond acceptors (Lipinski definition) is 5. The highest BCUT2D eigenvalue weighted by molar-refractivity contribution is 7.92. The topological polar surface area (TPSA) is 84.9 Å². The van der Waals surface area contributed by atoms with Gasteiger partial charge in [0.15, 0.2) is 5.82 Å². The molecule has 0 saturated carbocycles. The van der Waals surface area contributed by atoms with Crippen LogP contribution in [-0.4, -0.2) is 34.1 Å². The monoisotopic (exact) mass is 454 g/mol. The van der Waals surface area contributed by atoms with Gasteiger partial charge in [-0.3, -0.25) is 4.79 Å². The third-order valence-corrected chi connectivity index (χ3v) is 6.78. The van der Waals surface area contributed by atoms with Gasteiger partial charge in [0.25, 0.3) is 5.91 Å². The molecule has 3 aromatic carbocycles. The fraction of sp³-hybridized carbons (Fsp3) is 0.174. The van der Waals surface area contributed by atoms with E-state index in [1.54, 1.807) is 18.2 Å². The molecule has 2 aliphatic heterocycles. The first-order valence-corrected chi connectivity index (χ1v) is 11.4. The number of amides is 1. The summed E-state index contributed by atoms with van der Waals surface area (Å²) < 4.78 is 54.7. The van der Waals surface area contributed by atoms with Crippen LogP contribution >= 0.6 is 0 Å². The first kappa shape index (κ1) is 20.5. The van der Waals surface area contributed by atoms with Gasteiger partial charge in [0.1, 0.15) is 24.6 Å². The number of carbonyl (C=O) groups is 1. The fourth-order valence-corrected chi connectivity index (χ4v) is 4.99. The molecule has 0 aromatic heterocycles. The summed E-state index contributed by atoms with van der Waals surface area (Å²) >= 11 is 0. The Kier molecular flexibility index (Phi) is 5.07. The molecule has 32 heavy (non-hydrogen) atoms. The van der Waals surface area contributed by atoms with Crippen molar-refractivity contribution in [3.05, 3.63) is 77.6 Å². The first-order chi connectivity index (χ1) is 15.4. The number of nitrogens with zero attached hydrogens (tertiary/aromatic N) is 1. The van der Waals surface area contributed by atoms with Crippen molar-refractivity contribution in [3.8, 4) is 5.75 Å². The van der Waals surface area contributed by atoms with Crippen LogP contribution in [0.4, 0.5) is 10.1 Å². The van der Waals surface area contributed by atoms with E-state index in [0.717, 1.165) is 21.0 Å². The van der Waals surface area contributed by atoms with Gasteiger partial charge in [0.05, 0.1) is 13.2 Å². The van der Waals surface area contributed by atoms with E-state index in [-0.39, 0.29) is 23.4 Å². The van der Waals surface area contributed by atoms with E-state index in [0.29, 0.717) is 18.6 Å². The number of fused-ring (bicyclic) bond motifs is 1. The molecule has 0 spiro atoms. The van der Waals surface area contributed by atoms with Gasteiger partial charge < -0.3 is 9.47 Å². The van der Waals surface area contributed by atoms with Crippen molar-refractivity contribution in [2.24, 2.45) is 0 Å². The van der Waals surface area contributed by atoms with E-state index in [2.05, 4.69) is 0 Å². The second-order valence-corrected chi connectivity index (χ2v) is 9.12. The second kappa shape index (κ2) is 7.92. The van der Waals surface area contributed by atoms with Crippen molar-refractivity contribution in [2.45, 2.75) is 6.61 Å². The zero-order valence-corrected chi connectivity index (χ0v) is 17.7. The molecule has 0 bridgehead atoms. The highest BCUT2D eigenvalue weighted by Gasteiger charge is 2.38. The minimum absolute atomic E-state index is 0.0371. The Balaban J connectivity index is 1.65. The van der Waals surface area contributed by atoms with Gasteiger partial charge in [-0.1, -0.05) is 48.5 Å². The smallest absolute Gasteiger partial charge is 0.326 e. The minimum Gasteiger partial charge on any atom is -0.487 e. The molecule has 9 heteroatoms. The van der Waals surface area contributed by atoms with Crippen molar-refractivity contribution >= 4 is 38.1 Å². The molecule has 1 fully saturated rings. The van der Waals surface area contributed by atoms with Crippen LogP contribution in [0.25, 0.3) is 16.3 Å². The van der Waals surface area contributed by atoms with E-state index >= 15 is 4.39 Å². The summed E-state index contributed by atoms with van der Waals surface area (Å²) in [5.74, 6) is -1.47. The van der Waals surface area contributed by atoms with Crippen LogP contribution in [0.3, 0.4) is 0 Å². The van der Waals surface area contributed by atoms with Crippen LogP contribution in [0.15, 0.2) is 60.7 Å². The second-order valence-electron chi connectivity index (χ2n) is 7.53. The molecule has 164 valence electrons. The Morgan fingerprint density at radius 2 is 1.94 bits per heavy atom. The van der Waals surface area contributed by atoms with Crippen molar-refractivity contribution in [3.63, 3.8) is 0 Å². The Morgan fingerprint density at radius 1 is 1.12 bits per heavy atom. The molecule has 7 nitrogen and oxygen atoms in total. The van der Waals surface area contributed by atoms with Gasteiger partial charge in [-0.25, -0.2) is 13.4 Å². The molecule has 0 unspecified atom stereocenters. The predicted molar refractivity (Wildman–Crippen MR) is 118 cm³/mol. The number of carbonyl (C=O) groups excluding carboxylic acids is 1. The average molecular weight is 454 g/mol. The standard InChI is InChI=1S/C23H19FN2O5S/c24-22-19-10-16(18-8-9-30-14-18)6-7-17(19)11-20(31-13-15-4-2-1-3-5-15)23(22)26-12-21(27)25-32(26,28)29/h1-8,10-11H,9,12-14H2,(H,25,27). The van der Waals surface area contributed by atoms with Crippen LogP contribution in [0.2, 0.25) is 0 Å². The summed E-state index contributed by atoms with van der Waals surface area (Å²) in [4.78, 5) is 11.8. The summed E-state index contributed by atoms with van der Waals surface area (Å²) in [7, 11) is -4.23. The normalized spacial score (nSPS) is 17.5. The Hall–Kier alpha value is -3.43. The van der Waals surface area contributed by atoms with Crippen molar-refractivity contribution in [2.75, 3.05) is 24.1 Å². The number of rotatable bonds is 5. The Labute approximate surface area is 184 Å². The lowest BCUT2D eigenvalue weighted by molar-refractivity contribution is -0.117. The minimum atomic E-state index is -4.23. The quantitative estimate of drug-likeness (QED) is 0.640. The lowest BCUT2D eigenvalue weighted by atomic mass is 10.0. The fourth-order valence-electron chi connectivity index (χ4n) is 3.83. The summed E-state index contributed by atoms with van der Waals surface area (Å²) in [6.45, 7) is 0.506. The zero-order chi connectivity index (χ0) is 22.3. The predicted octanol–water partition coefficient (Wildman–Crippen LogP) is 3.15. The van der Waals surface area contributed by atoms with Crippen LogP contribution in [0.1, 0.15) is 11.1 Å². The summed E-state index contributed by atoms with van der Waals surface area (Å²) in [6, 6.07) is 16.1. The molecule has 1 amide bonds. The maximum Gasteiger partial charge on any atom is 0.326 e. The van der Waals surface area contributed by atoms with E-state index in [9.17, 15) is 13.2 Å². The van der Waals surface area contributed by atoms with Crippen LogP contribution < -0.4 is 13.8 Å². The molecular weight excluding hydrogens is 435 g/mol. The summed E-state index contributed by atoms with van der Waals surface area (Å²) in [6.07, 6.45) is 1.92. The Morgan fingerprint density at radius 3 is 2.62 bits per heavy atom. The van der Waals surface area contributed by atoms with Crippen molar-refractivity contribution in [1.82, 2.24) is 4.72 Å². The highest BCUT2D eigenvalue weighted by Crippen LogP contribution is 2.40. The average Bonchev–Trinajstić information content (AvgIpc) is 3.40. The van der Waals surface area contributed by atoms with Gasteiger partial charge in [-0.15, -0.1) is 0 Å². The number of anilines is 1. The molecule has 0 radical (unpaired) electrons. The first-order valence-electron chi connectivity index (χ1n) is 9.96. The maximum absolute atomic E-state index is 15.9. The van der Waals surface area contributed by atoms with E-state index in [1.807, 2.05) is 47.2 Å². The lowest BCUT2D eigenvalue weighted by Gasteiger charge is -2.21. The molecule has 2 heterocycles. The van der Waals surface area contributed by atoms with E-state index in [4.69, 9.17) is 9.47 Å². The largest absolute Gasteiger partial charge is 0.487 e. The number of benzene rings is 3. The molecule has 0 atom stereocenters. The molecule has 1 N–H and O–H groups in total. The molecule has 2 aliphatic rings. The third kappa shape index (κ3) is 3.69. The van der Waals surface area contributed by atoms with Gasteiger partial charge >= 0.3 is 10.2 Å². The van der Waals surface area contributed by atoms with Gasteiger partial charge in [-0.2, -0.15) is 8.42 Å². The molecule has 0 aliphatic carbocycles. The van der Waals surface area contributed by atoms with Gasteiger partial charge in [0, 0.05) is 5.39 Å². The lowest BCUT2D eigenvalue weighted by Crippen LogP contribution is -2.30. The zero-order valence-electron chi connectivity index (χ0n) is 16.9. The summed E-state index contributed by atoms with van der Waals surface area (Å²) in [5.41, 5.74) is 2.26. The van der Waals surface area contributed by atoms with Crippen LogP contribution in [-0.2, 0) is 26.3 Å². The molecule has 5 rings (SSSR count). The highest BCUT2D eigenvalue weighted by atomic mass is 32.2. The van der Waals surface area contributed by atoms with Crippen LogP contribution in [0, 0.1) is 5.82 Å².